The van der Waals surface area contributed by atoms with Crippen molar-refractivity contribution in [2.45, 2.75) is 32.0 Å². The minimum atomic E-state index is -4.07. The molecule has 0 spiro atoms. The van der Waals surface area contributed by atoms with Gasteiger partial charge < -0.3 is 5.32 Å². The van der Waals surface area contributed by atoms with Gasteiger partial charge in [-0.2, -0.15) is 13.2 Å². The molecule has 0 radical (unpaired) electrons. The zero-order valence-corrected chi connectivity index (χ0v) is 11.3. The molecule has 0 aromatic carbocycles. The van der Waals surface area contributed by atoms with E-state index in [1.54, 1.807) is 0 Å². The van der Waals surface area contributed by atoms with Crippen molar-refractivity contribution in [2.24, 2.45) is 0 Å². The van der Waals surface area contributed by atoms with E-state index in [4.69, 9.17) is 0 Å². The zero-order chi connectivity index (χ0) is 13.6. The van der Waals surface area contributed by atoms with Crippen LogP contribution in [0.3, 0.4) is 0 Å². The molecule has 0 aromatic rings. The lowest BCUT2D eigenvalue weighted by Gasteiger charge is -2.39. The Kier molecular flexibility index (Phi) is 6.38. The lowest BCUT2D eigenvalue weighted by molar-refractivity contribution is -0.149. The Morgan fingerprint density at radius 3 is 2.22 bits per heavy atom. The second kappa shape index (κ2) is 7.31. The Labute approximate surface area is 107 Å². The van der Waals surface area contributed by atoms with E-state index in [1.165, 1.54) is 4.90 Å². The third-order valence-electron chi connectivity index (χ3n) is 3.39. The van der Waals surface area contributed by atoms with Gasteiger partial charge in [0.05, 0.1) is 6.54 Å². The van der Waals surface area contributed by atoms with Crippen molar-refractivity contribution in [2.75, 3.05) is 46.3 Å². The highest BCUT2D eigenvalue weighted by molar-refractivity contribution is 4.80. The van der Waals surface area contributed by atoms with E-state index in [-0.39, 0.29) is 0 Å². The normalized spacial score (nSPS) is 21.2. The quantitative estimate of drug-likeness (QED) is 0.788. The second-order valence-corrected chi connectivity index (χ2v) is 4.93. The first kappa shape index (κ1) is 15.7. The van der Waals surface area contributed by atoms with Gasteiger partial charge >= 0.3 is 6.18 Å². The molecule has 1 fully saturated rings. The maximum absolute atomic E-state index is 12.3. The van der Waals surface area contributed by atoms with Crippen LogP contribution in [0.25, 0.3) is 0 Å². The molecule has 0 aromatic heterocycles. The van der Waals surface area contributed by atoms with Crippen LogP contribution in [0.5, 0.6) is 0 Å². The summed E-state index contributed by atoms with van der Waals surface area (Å²) in [4.78, 5) is 3.81. The van der Waals surface area contributed by atoms with Crippen LogP contribution in [-0.4, -0.2) is 68.3 Å². The van der Waals surface area contributed by atoms with E-state index in [2.05, 4.69) is 17.1 Å². The minimum absolute atomic E-state index is 0.452. The highest BCUT2D eigenvalue weighted by Gasteiger charge is 2.32. The number of piperazine rings is 1. The van der Waals surface area contributed by atoms with Gasteiger partial charge in [0.15, 0.2) is 0 Å². The molecule has 0 aliphatic carbocycles. The summed E-state index contributed by atoms with van der Waals surface area (Å²) in [7, 11) is 1.92. The summed E-state index contributed by atoms with van der Waals surface area (Å²) >= 11 is 0. The van der Waals surface area contributed by atoms with Gasteiger partial charge in [0, 0.05) is 38.8 Å². The van der Waals surface area contributed by atoms with Crippen LogP contribution >= 0.6 is 0 Å². The molecule has 1 aliphatic rings. The molecule has 1 atom stereocenters. The van der Waals surface area contributed by atoms with Crippen LogP contribution < -0.4 is 5.32 Å². The van der Waals surface area contributed by atoms with Gasteiger partial charge in [0.25, 0.3) is 0 Å². The Bertz CT molecular complexity index is 219. The summed E-state index contributed by atoms with van der Waals surface area (Å²) in [5.41, 5.74) is 0. The number of nitrogens with zero attached hydrogens (tertiary/aromatic N) is 2. The molecule has 1 heterocycles. The fourth-order valence-corrected chi connectivity index (χ4v) is 2.52. The molecule has 1 unspecified atom stereocenters. The van der Waals surface area contributed by atoms with Crippen molar-refractivity contribution in [1.29, 1.82) is 0 Å². The average molecular weight is 267 g/mol. The van der Waals surface area contributed by atoms with Crippen LogP contribution in [0, 0.1) is 0 Å². The number of rotatable bonds is 6. The van der Waals surface area contributed by atoms with Crippen LogP contribution in [0.15, 0.2) is 0 Å². The fourth-order valence-electron chi connectivity index (χ4n) is 2.52. The molecule has 3 nitrogen and oxygen atoms in total. The number of alkyl halides is 3. The molecule has 1 aliphatic heterocycles. The lowest BCUT2D eigenvalue weighted by Crippen LogP contribution is -2.54. The summed E-state index contributed by atoms with van der Waals surface area (Å²) in [6.07, 6.45) is -1.87. The highest BCUT2D eigenvalue weighted by Crippen LogP contribution is 2.18. The largest absolute Gasteiger partial charge is 0.401 e. The number of halogens is 3. The summed E-state index contributed by atoms with van der Waals surface area (Å²) in [6, 6.07) is 0.452. The van der Waals surface area contributed by atoms with Crippen LogP contribution in [0.4, 0.5) is 13.2 Å². The first-order valence-corrected chi connectivity index (χ1v) is 6.64. The maximum Gasteiger partial charge on any atom is 0.401 e. The van der Waals surface area contributed by atoms with E-state index in [0.717, 1.165) is 32.5 Å². The molecule has 1 rings (SSSR count). The topological polar surface area (TPSA) is 18.5 Å². The van der Waals surface area contributed by atoms with Crippen molar-refractivity contribution in [3.8, 4) is 0 Å². The molecule has 0 amide bonds. The molecule has 0 saturated carbocycles. The molecule has 6 heteroatoms. The van der Waals surface area contributed by atoms with E-state index in [0.29, 0.717) is 19.1 Å². The standard InChI is InChI=1S/C12H24F3N3/c1-3-4-11(9-16-2)18-7-5-17(6-8-18)10-12(13,14)15/h11,16H,3-10H2,1-2H3. The van der Waals surface area contributed by atoms with Crippen molar-refractivity contribution < 1.29 is 13.2 Å². The predicted molar refractivity (Wildman–Crippen MR) is 66.7 cm³/mol. The smallest absolute Gasteiger partial charge is 0.318 e. The predicted octanol–water partition coefficient (Wildman–Crippen LogP) is 1.55. The molecule has 1 N–H and O–H groups in total. The van der Waals surface area contributed by atoms with Crippen LogP contribution in [0.2, 0.25) is 0 Å². The molecular formula is C12H24F3N3. The first-order chi connectivity index (χ1) is 8.46. The summed E-state index contributed by atoms with van der Waals surface area (Å²) in [5.74, 6) is 0. The molecule has 108 valence electrons. The molecule has 0 bridgehead atoms. The van der Waals surface area contributed by atoms with Crippen LogP contribution in [0.1, 0.15) is 19.8 Å². The Balaban J connectivity index is 2.37. The van der Waals surface area contributed by atoms with Gasteiger partial charge in [-0.15, -0.1) is 0 Å². The van der Waals surface area contributed by atoms with Gasteiger partial charge in [-0.1, -0.05) is 13.3 Å². The van der Waals surface area contributed by atoms with E-state index < -0.39 is 12.7 Å². The zero-order valence-electron chi connectivity index (χ0n) is 11.3. The fraction of sp³-hybridized carbons (Fsp3) is 1.00. The first-order valence-electron chi connectivity index (χ1n) is 6.64. The van der Waals surface area contributed by atoms with Gasteiger partial charge in [-0.25, -0.2) is 0 Å². The SMILES string of the molecule is CCCC(CNC)N1CCN(CC(F)(F)F)CC1. The second-order valence-electron chi connectivity index (χ2n) is 4.93. The lowest BCUT2D eigenvalue weighted by atomic mass is 10.1. The third kappa shape index (κ3) is 5.54. The van der Waals surface area contributed by atoms with Crippen LogP contribution in [-0.2, 0) is 0 Å². The van der Waals surface area contributed by atoms with Crippen molar-refractivity contribution in [3.63, 3.8) is 0 Å². The number of hydrogen-bond acceptors (Lipinski definition) is 3. The third-order valence-corrected chi connectivity index (χ3v) is 3.39. The van der Waals surface area contributed by atoms with E-state index >= 15 is 0 Å². The molecule has 1 saturated heterocycles. The summed E-state index contributed by atoms with van der Waals surface area (Å²) < 4.78 is 36.8. The van der Waals surface area contributed by atoms with Gasteiger partial charge in [0.1, 0.15) is 0 Å². The Morgan fingerprint density at radius 1 is 1.17 bits per heavy atom. The van der Waals surface area contributed by atoms with Gasteiger partial charge in [-0.3, -0.25) is 9.80 Å². The molecular weight excluding hydrogens is 243 g/mol. The Hall–Kier alpha value is -0.330. The molecule has 18 heavy (non-hydrogen) atoms. The number of nitrogens with one attached hydrogen (secondary N) is 1. The number of likely N-dealkylation sites (N-methyl/N-ethyl adjacent to an activating group) is 1. The van der Waals surface area contributed by atoms with Crippen molar-refractivity contribution >= 4 is 0 Å². The summed E-state index contributed by atoms with van der Waals surface area (Å²) in [5, 5.41) is 3.16. The maximum atomic E-state index is 12.3. The van der Waals surface area contributed by atoms with Gasteiger partial charge in [-0.05, 0) is 13.5 Å². The van der Waals surface area contributed by atoms with Crippen molar-refractivity contribution in [1.82, 2.24) is 15.1 Å². The average Bonchev–Trinajstić information content (AvgIpc) is 2.28. The highest BCUT2D eigenvalue weighted by atomic mass is 19.4. The van der Waals surface area contributed by atoms with Gasteiger partial charge in [0.2, 0.25) is 0 Å². The van der Waals surface area contributed by atoms with E-state index in [1.807, 2.05) is 7.05 Å². The Morgan fingerprint density at radius 2 is 1.78 bits per heavy atom. The van der Waals surface area contributed by atoms with E-state index in [9.17, 15) is 13.2 Å². The summed E-state index contributed by atoms with van der Waals surface area (Å²) in [6.45, 7) is 4.79. The monoisotopic (exact) mass is 267 g/mol. The van der Waals surface area contributed by atoms with Crippen molar-refractivity contribution in [3.05, 3.63) is 0 Å². The number of hydrogen-bond donors (Lipinski definition) is 1. The minimum Gasteiger partial charge on any atom is -0.318 e.